The lowest BCUT2D eigenvalue weighted by atomic mass is 10.0. The van der Waals surface area contributed by atoms with E-state index in [4.69, 9.17) is 37.0 Å². The van der Waals surface area contributed by atoms with Gasteiger partial charge in [0.05, 0.1) is 26.4 Å². The fraction of sp³-hybridized carbons (Fsp3) is 0.892. The summed E-state index contributed by atoms with van der Waals surface area (Å²) in [5, 5.41) is 10.6. The Kier molecular flexibility index (Phi) is 63.7. The molecule has 17 nitrogen and oxygen atoms in total. The average molecular weight is 1360 g/mol. The van der Waals surface area contributed by atoms with Crippen molar-refractivity contribution < 1.29 is 80.2 Å². The largest absolute Gasteiger partial charge is 0.472 e. The lowest BCUT2D eigenvalue weighted by molar-refractivity contribution is -0.161. The molecule has 0 aliphatic carbocycles. The van der Waals surface area contributed by atoms with E-state index in [1.165, 1.54) is 154 Å². The third kappa shape index (κ3) is 67.9. The number of ether oxygens (including phenoxy) is 4. The van der Waals surface area contributed by atoms with Gasteiger partial charge in [-0.2, -0.15) is 0 Å². The minimum Gasteiger partial charge on any atom is -0.462 e. The summed E-state index contributed by atoms with van der Waals surface area (Å²) in [5.74, 6) is -0.677. The minimum absolute atomic E-state index is 0.0848. The van der Waals surface area contributed by atoms with Crippen molar-refractivity contribution in [3.8, 4) is 0 Å². The number of allylic oxidation sites excluding steroid dienone is 4. The average Bonchev–Trinajstić information content (AvgIpc) is 3.02. The number of phosphoric acid groups is 2. The van der Waals surface area contributed by atoms with E-state index in [0.29, 0.717) is 31.6 Å². The van der Waals surface area contributed by atoms with E-state index in [-0.39, 0.29) is 25.7 Å². The van der Waals surface area contributed by atoms with Gasteiger partial charge in [-0.15, -0.1) is 0 Å². The zero-order valence-corrected chi connectivity index (χ0v) is 61.8. The first-order chi connectivity index (χ1) is 44.9. The van der Waals surface area contributed by atoms with Crippen LogP contribution in [-0.4, -0.2) is 96.7 Å². The molecule has 0 aromatic carbocycles. The van der Waals surface area contributed by atoms with Crippen molar-refractivity contribution in [2.45, 2.75) is 374 Å². The standard InChI is InChI=1S/C74H140O17P2/c1-7-9-11-13-15-17-19-21-23-25-29-34-40-47-53-59-73(78)90-69(62-84-71(76)56-50-44-38-32-30-26-27-31-36-42-48-54-66(3)4)64-88-92(80,81)86-60-68(75)61-87-93(82,83)89-65-70(63-85-72(77)57-51-45-41-35-37-43-49-55-67(5)6)91-74(79)58-52-46-39-33-28-24-22-20-18-16-14-12-10-8-2/h17,19,21,23,66-70,75H,7-16,18,20,22,24-65H2,1-6H3,(H,80,81)(H,82,83)/b19-17-,23-21-/t68-,69-,70-/m1/s1. The third-order valence-corrected chi connectivity index (χ3v) is 18.5. The van der Waals surface area contributed by atoms with Crippen molar-refractivity contribution >= 4 is 39.5 Å². The molecular formula is C74H140O17P2. The van der Waals surface area contributed by atoms with Crippen LogP contribution in [0.3, 0.4) is 0 Å². The van der Waals surface area contributed by atoms with E-state index in [1.54, 1.807) is 0 Å². The predicted octanol–water partition coefficient (Wildman–Crippen LogP) is 21.1. The molecule has 0 saturated heterocycles. The minimum atomic E-state index is -4.96. The second-order valence-electron chi connectivity index (χ2n) is 27.0. The highest BCUT2D eigenvalue weighted by atomic mass is 31.2. The fourth-order valence-electron chi connectivity index (χ4n) is 10.8. The molecule has 5 atom stereocenters. The Hall–Kier alpha value is -2.46. The zero-order chi connectivity index (χ0) is 68.6. The highest BCUT2D eigenvalue weighted by molar-refractivity contribution is 7.47. The van der Waals surface area contributed by atoms with Crippen molar-refractivity contribution in [1.82, 2.24) is 0 Å². The van der Waals surface area contributed by atoms with Crippen LogP contribution >= 0.6 is 15.6 Å². The SMILES string of the molecule is CCCCCC/C=C\C=C/CCCCCCCC(=O)O[C@H](COC(=O)CCCCCCCCCCCCCC(C)C)COP(=O)(O)OC[C@@H](O)COP(=O)(O)OC[C@@H](COC(=O)CCCCCCCCCC(C)C)OC(=O)CCCCCCCCCCCCCCCC. The molecule has 0 rings (SSSR count). The molecule has 0 aliphatic heterocycles. The topological polar surface area (TPSA) is 237 Å². The number of esters is 4. The Morgan fingerprint density at radius 1 is 0.333 bits per heavy atom. The third-order valence-electron chi connectivity index (χ3n) is 16.6. The molecule has 0 radical (unpaired) electrons. The monoisotopic (exact) mass is 1360 g/mol. The summed E-state index contributed by atoms with van der Waals surface area (Å²) in [5.41, 5.74) is 0. The molecule has 0 amide bonds. The summed E-state index contributed by atoms with van der Waals surface area (Å²) < 4.78 is 68.4. The number of rotatable bonds is 71. The summed E-state index contributed by atoms with van der Waals surface area (Å²) >= 11 is 0. The summed E-state index contributed by atoms with van der Waals surface area (Å²) in [6.07, 6.45) is 54.9. The Labute approximate surface area is 567 Å². The Bertz CT molecular complexity index is 1900. The predicted molar refractivity (Wildman–Crippen MR) is 377 cm³/mol. The summed E-state index contributed by atoms with van der Waals surface area (Å²) in [6.45, 7) is 9.46. The van der Waals surface area contributed by atoms with E-state index in [1.807, 2.05) is 0 Å². The van der Waals surface area contributed by atoms with Gasteiger partial charge in [-0.25, -0.2) is 9.13 Å². The van der Waals surface area contributed by atoms with Crippen molar-refractivity contribution in [2.75, 3.05) is 39.6 Å². The van der Waals surface area contributed by atoms with Gasteiger partial charge < -0.3 is 33.8 Å². The molecule has 3 N–H and O–H groups in total. The fourth-order valence-corrected chi connectivity index (χ4v) is 12.3. The van der Waals surface area contributed by atoms with Crippen LogP contribution in [0.15, 0.2) is 24.3 Å². The molecule has 0 aliphatic rings. The second kappa shape index (κ2) is 65.5. The van der Waals surface area contributed by atoms with Gasteiger partial charge in [0.15, 0.2) is 12.2 Å². The van der Waals surface area contributed by atoms with E-state index in [2.05, 4.69) is 65.8 Å². The van der Waals surface area contributed by atoms with Gasteiger partial charge in [-0.3, -0.25) is 37.3 Å². The van der Waals surface area contributed by atoms with Gasteiger partial charge in [0.2, 0.25) is 0 Å². The van der Waals surface area contributed by atoms with Crippen molar-refractivity contribution in [3.63, 3.8) is 0 Å². The van der Waals surface area contributed by atoms with Gasteiger partial charge in [0.1, 0.15) is 19.3 Å². The number of carbonyl (C=O) groups is 4. The maximum atomic E-state index is 13.1. The number of aliphatic hydroxyl groups is 1. The Morgan fingerprint density at radius 3 is 0.882 bits per heavy atom. The molecule has 0 aromatic heterocycles. The second-order valence-corrected chi connectivity index (χ2v) is 29.9. The quantitative estimate of drug-likeness (QED) is 0.0169. The van der Waals surface area contributed by atoms with Crippen molar-refractivity contribution in [1.29, 1.82) is 0 Å². The van der Waals surface area contributed by atoms with Crippen LogP contribution in [0, 0.1) is 11.8 Å². The maximum absolute atomic E-state index is 13.1. The van der Waals surface area contributed by atoms with E-state index < -0.39 is 97.5 Å². The molecule has 19 heteroatoms. The molecule has 0 fully saturated rings. The van der Waals surface area contributed by atoms with Crippen LogP contribution in [0.4, 0.5) is 0 Å². The number of hydrogen-bond donors (Lipinski definition) is 3. The van der Waals surface area contributed by atoms with Crippen LogP contribution in [0.1, 0.15) is 356 Å². The zero-order valence-electron chi connectivity index (χ0n) is 60.0. The van der Waals surface area contributed by atoms with Gasteiger partial charge in [0.25, 0.3) is 0 Å². The molecule has 93 heavy (non-hydrogen) atoms. The van der Waals surface area contributed by atoms with Crippen LogP contribution in [-0.2, 0) is 65.4 Å². The molecule has 0 bridgehead atoms. The smallest absolute Gasteiger partial charge is 0.462 e. The van der Waals surface area contributed by atoms with E-state index in [0.717, 1.165) is 115 Å². The molecule has 0 saturated carbocycles. The van der Waals surface area contributed by atoms with Crippen LogP contribution in [0.25, 0.3) is 0 Å². The highest BCUT2D eigenvalue weighted by Crippen LogP contribution is 2.45. The number of aliphatic hydroxyl groups excluding tert-OH is 1. The summed E-state index contributed by atoms with van der Waals surface area (Å²) in [4.78, 5) is 72.7. The molecular weight excluding hydrogens is 1220 g/mol. The number of hydrogen-bond acceptors (Lipinski definition) is 15. The molecule has 0 heterocycles. The number of carbonyl (C=O) groups excluding carboxylic acids is 4. The number of unbranched alkanes of at least 4 members (excludes halogenated alkanes) is 38. The van der Waals surface area contributed by atoms with E-state index in [9.17, 15) is 43.2 Å². The summed E-state index contributed by atoms with van der Waals surface area (Å²) in [6, 6.07) is 0. The van der Waals surface area contributed by atoms with Crippen LogP contribution in [0.5, 0.6) is 0 Å². The number of phosphoric ester groups is 2. The van der Waals surface area contributed by atoms with Crippen molar-refractivity contribution in [2.24, 2.45) is 11.8 Å². The van der Waals surface area contributed by atoms with Crippen LogP contribution in [0.2, 0.25) is 0 Å². The van der Waals surface area contributed by atoms with Crippen molar-refractivity contribution in [3.05, 3.63) is 24.3 Å². The van der Waals surface area contributed by atoms with Gasteiger partial charge in [0, 0.05) is 25.7 Å². The normalized spacial score (nSPS) is 14.2. The maximum Gasteiger partial charge on any atom is 0.472 e. The highest BCUT2D eigenvalue weighted by Gasteiger charge is 2.30. The first kappa shape index (κ1) is 90.5. The van der Waals surface area contributed by atoms with E-state index >= 15 is 0 Å². The summed E-state index contributed by atoms with van der Waals surface area (Å²) in [7, 11) is -9.92. The molecule has 548 valence electrons. The molecule has 0 aromatic rings. The van der Waals surface area contributed by atoms with Gasteiger partial charge >= 0.3 is 39.5 Å². The lowest BCUT2D eigenvalue weighted by Crippen LogP contribution is -2.30. The van der Waals surface area contributed by atoms with Gasteiger partial charge in [-0.1, -0.05) is 303 Å². The first-order valence-corrected chi connectivity index (χ1v) is 40.8. The van der Waals surface area contributed by atoms with Gasteiger partial charge in [-0.05, 0) is 63.2 Å². The molecule has 0 spiro atoms. The Morgan fingerprint density at radius 2 is 0.581 bits per heavy atom. The first-order valence-electron chi connectivity index (χ1n) is 37.8. The lowest BCUT2D eigenvalue weighted by Gasteiger charge is -2.21. The van der Waals surface area contributed by atoms with Crippen LogP contribution < -0.4 is 0 Å². The Balaban J connectivity index is 5.29. The molecule has 2 unspecified atom stereocenters.